The van der Waals surface area contributed by atoms with Gasteiger partial charge in [0, 0.05) is 42.7 Å². The predicted molar refractivity (Wildman–Crippen MR) is 195 cm³/mol. The van der Waals surface area contributed by atoms with Gasteiger partial charge in [-0.1, -0.05) is 74.2 Å². The van der Waals surface area contributed by atoms with E-state index in [4.69, 9.17) is 52.8 Å². The Morgan fingerprint density at radius 3 is 1.36 bits per heavy atom. The molecule has 1 aliphatic heterocycles. The summed E-state index contributed by atoms with van der Waals surface area (Å²) in [6.45, 7) is 3.88. The number of ether oxygens (including phenoxy) is 9. The summed E-state index contributed by atoms with van der Waals surface area (Å²) in [6, 6.07) is 28.6. The molecule has 0 amide bonds. The molecule has 0 radical (unpaired) electrons. The fraction of sp³-hybridized carbons (Fsp3) is 0.526. The van der Waals surface area contributed by atoms with Crippen LogP contribution in [0, 0.1) is 0 Å². The molecule has 12 heteroatoms. The molecule has 0 bridgehead atoms. The third kappa shape index (κ3) is 29.7. The Labute approximate surface area is 299 Å². The van der Waals surface area contributed by atoms with E-state index in [-0.39, 0.29) is 39.5 Å². The Morgan fingerprint density at radius 2 is 1.04 bits per heavy atom. The van der Waals surface area contributed by atoms with E-state index in [9.17, 15) is 5.11 Å². The molecular weight excluding hydrogens is 648 g/mol. The highest BCUT2D eigenvalue weighted by atomic mass is 16.6. The third-order valence-electron chi connectivity index (χ3n) is 6.08. The second-order valence-corrected chi connectivity index (χ2v) is 10.2. The van der Waals surface area contributed by atoms with E-state index in [1.165, 1.54) is 0 Å². The molecule has 0 aromatic heterocycles. The molecule has 1 saturated heterocycles. The number of hydrogen-bond acceptors (Lipinski definition) is 12. The van der Waals surface area contributed by atoms with Gasteiger partial charge < -0.3 is 58.0 Å². The first-order valence-corrected chi connectivity index (χ1v) is 15.8. The van der Waals surface area contributed by atoms with Crippen LogP contribution < -0.4 is 9.47 Å². The lowest BCUT2D eigenvalue weighted by molar-refractivity contribution is -0.00534. The average Bonchev–Trinajstić information content (AvgIpc) is 3.98. The third-order valence-corrected chi connectivity index (χ3v) is 6.08. The van der Waals surface area contributed by atoms with Crippen molar-refractivity contribution >= 4 is 0 Å². The number of benzene rings is 3. The Balaban J connectivity index is 0. The van der Waals surface area contributed by atoms with Crippen molar-refractivity contribution in [3.63, 3.8) is 0 Å². The predicted octanol–water partition coefficient (Wildman–Crippen LogP) is 4.29. The van der Waals surface area contributed by atoms with Crippen molar-refractivity contribution in [2.24, 2.45) is 0 Å². The van der Waals surface area contributed by atoms with Gasteiger partial charge in [-0.25, -0.2) is 0 Å². The zero-order chi connectivity index (χ0) is 36.4. The Hall–Kier alpha value is -3.14. The number of para-hydroxylation sites is 2. The quantitative estimate of drug-likeness (QED) is 0.162. The molecule has 0 aliphatic carbocycles. The largest absolute Gasteiger partial charge is 0.491 e. The van der Waals surface area contributed by atoms with Gasteiger partial charge in [-0.05, 0) is 29.8 Å². The number of methoxy groups -OCH3 is 6. The monoisotopic (exact) mass is 710 g/mol. The number of aliphatic hydroxyl groups is 3. The minimum absolute atomic E-state index is 0. The van der Waals surface area contributed by atoms with Gasteiger partial charge in [0.05, 0.1) is 46.2 Å². The summed E-state index contributed by atoms with van der Waals surface area (Å²) in [5.41, 5.74) is 0.965. The summed E-state index contributed by atoms with van der Waals surface area (Å²) in [5, 5.41) is 26.3. The van der Waals surface area contributed by atoms with Crippen molar-refractivity contribution in [3.8, 4) is 11.5 Å². The molecule has 1 aliphatic rings. The van der Waals surface area contributed by atoms with E-state index in [0.717, 1.165) is 30.3 Å². The van der Waals surface area contributed by atoms with E-state index in [0.29, 0.717) is 32.5 Å². The summed E-state index contributed by atoms with van der Waals surface area (Å²) < 4.78 is 44.7. The number of epoxide rings is 1. The van der Waals surface area contributed by atoms with Gasteiger partial charge >= 0.3 is 0 Å². The van der Waals surface area contributed by atoms with Gasteiger partial charge in [-0.3, -0.25) is 0 Å². The minimum Gasteiger partial charge on any atom is -0.491 e. The summed E-state index contributed by atoms with van der Waals surface area (Å²) in [7, 11) is 9.64. The topological polar surface area (TPSA) is 147 Å². The molecule has 0 saturated carbocycles. The minimum atomic E-state index is -0.565. The van der Waals surface area contributed by atoms with Crippen LogP contribution in [0.15, 0.2) is 91.0 Å². The molecule has 1 fully saturated rings. The first-order valence-electron chi connectivity index (χ1n) is 15.8. The smallest absolute Gasteiger partial charge is 0.119 e. The highest BCUT2D eigenvalue weighted by Gasteiger charge is 2.21. The van der Waals surface area contributed by atoms with Gasteiger partial charge in [-0.15, -0.1) is 0 Å². The fourth-order valence-corrected chi connectivity index (χ4v) is 3.34. The standard InChI is InChI=1S/C11H16O3.C10H14O3.C7H8O.C5H12O3.C4H8O2.CH4/c1-12-8-11(13-2)9-14-10-6-4-3-5-7-10;1-12-7-9(11)8-13-10-5-3-2-4-6-10;8-6-7-4-2-1-3-5-7;1-7-4-5(3-6)8-2;1-5-2-4-3-6-4;/h3-7,11H,8-9H2,1-2H3;2-6,9,11H,7-8H2,1H3;1-5,8H,6H2;5-6H,3-4H2,1-2H3;4H,2-3H2,1H3;1H4. The number of rotatable bonds is 18. The van der Waals surface area contributed by atoms with Crippen molar-refractivity contribution in [1.82, 2.24) is 0 Å². The molecule has 4 unspecified atom stereocenters. The lowest BCUT2D eigenvalue weighted by atomic mass is 10.2. The van der Waals surface area contributed by atoms with Gasteiger partial charge in [0.25, 0.3) is 0 Å². The van der Waals surface area contributed by atoms with E-state index in [1.54, 1.807) is 42.7 Å². The lowest BCUT2D eigenvalue weighted by Crippen LogP contribution is -2.25. The molecular formula is C38H62O12. The number of hydrogen-bond donors (Lipinski definition) is 3. The zero-order valence-electron chi connectivity index (χ0n) is 29.8. The van der Waals surface area contributed by atoms with Crippen LogP contribution in [0.3, 0.4) is 0 Å². The molecule has 0 spiro atoms. The Morgan fingerprint density at radius 1 is 0.600 bits per heavy atom. The van der Waals surface area contributed by atoms with E-state index in [2.05, 4.69) is 0 Å². The first-order chi connectivity index (χ1) is 23.9. The van der Waals surface area contributed by atoms with Gasteiger partial charge in [0.15, 0.2) is 0 Å². The highest BCUT2D eigenvalue weighted by Crippen LogP contribution is 2.10. The summed E-state index contributed by atoms with van der Waals surface area (Å²) in [4.78, 5) is 0. The summed E-state index contributed by atoms with van der Waals surface area (Å²) in [5.74, 6) is 1.61. The first kappa shape index (κ1) is 49.0. The molecule has 12 nitrogen and oxygen atoms in total. The van der Waals surface area contributed by atoms with Crippen LogP contribution in [0.4, 0.5) is 0 Å². The van der Waals surface area contributed by atoms with E-state index in [1.807, 2.05) is 91.0 Å². The summed E-state index contributed by atoms with van der Waals surface area (Å²) in [6.07, 6.45) is -0.319. The van der Waals surface area contributed by atoms with Crippen molar-refractivity contribution in [1.29, 1.82) is 0 Å². The van der Waals surface area contributed by atoms with Crippen molar-refractivity contribution in [3.05, 3.63) is 96.6 Å². The summed E-state index contributed by atoms with van der Waals surface area (Å²) >= 11 is 0. The molecule has 286 valence electrons. The number of aliphatic hydroxyl groups excluding tert-OH is 3. The molecule has 3 aromatic carbocycles. The second-order valence-electron chi connectivity index (χ2n) is 10.2. The van der Waals surface area contributed by atoms with E-state index < -0.39 is 6.10 Å². The highest BCUT2D eigenvalue weighted by molar-refractivity contribution is 5.21. The SMILES string of the molecule is C.COCC(CO)OC.COCC(COc1ccccc1)OC.COCC(O)COc1ccccc1.COCC1CO1.OCc1ccccc1. The van der Waals surface area contributed by atoms with Crippen LogP contribution in [0.1, 0.15) is 13.0 Å². The van der Waals surface area contributed by atoms with E-state index >= 15 is 0 Å². The normalized spacial score (nSPS) is 14.1. The lowest BCUT2D eigenvalue weighted by Gasteiger charge is -2.14. The van der Waals surface area contributed by atoms with Crippen LogP contribution in [-0.2, 0) is 39.8 Å². The Bertz CT molecular complexity index is 1060. The molecule has 3 aromatic rings. The maximum Gasteiger partial charge on any atom is 0.119 e. The zero-order valence-corrected chi connectivity index (χ0v) is 29.8. The van der Waals surface area contributed by atoms with Crippen LogP contribution >= 0.6 is 0 Å². The van der Waals surface area contributed by atoms with Crippen LogP contribution in [0.2, 0.25) is 0 Å². The average molecular weight is 711 g/mol. The van der Waals surface area contributed by atoms with Crippen molar-refractivity contribution < 1.29 is 58.0 Å². The van der Waals surface area contributed by atoms with Gasteiger partial charge in [-0.2, -0.15) is 0 Å². The van der Waals surface area contributed by atoms with Crippen molar-refractivity contribution in [2.75, 3.05) is 95.5 Å². The molecule has 50 heavy (non-hydrogen) atoms. The molecule has 4 rings (SSSR count). The maximum atomic E-state index is 9.26. The van der Waals surface area contributed by atoms with Gasteiger partial charge in [0.2, 0.25) is 0 Å². The maximum absolute atomic E-state index is 9.26. The fourth-order valence-electron chi connectivity index (χ4n) is 3.34. The van der Waals surface area contributed by atoms with Crippen LogP contribution in [0.25, 0.3) is 0 Å². The molecule has 1 heterocycles. The van der Waals surface area contributed by atoms with Crippen molar-refractivity contribution in [2.45, 2.75) is 38.4 Å². The Kier molecular flexibility index (Phi) is 34.9. The van der Waals surface area contributed by atoms with Gasteiger partial charge in [0.1, 0.15) is 49.1 Å². The van der Waals surface area contributed by atoms with Crippen LogP contribution in [-0.4, -0.2) is 135 Å². The van der Waals surface area contributed by atoms with Crippen LogP contribution in [0.5, 0.6) is 11.5 Å². The molecule has 3 N–H and O–H groups in total. The second kappa shape index (κ2) is 35.7. The molecule has 4 atom stereocenters.